The summed E-state index contributed by atoms with van der Waals surface area (Å²) in [5.74, 6) is 0.649. The van der Waals surface area contributed by atoms with E-state index in [1.165, 1.54) is 4.90 Å². The molecule has 0 aliphatic carbocycles. The van der Waals surface area contributed by atoms with Gasteiger partial charge in [0.15, 0.2) is 0 Å². The Morgan fingerprint density at radius 3 is 2.19 bits per heavy atom. The van der Waals surface area contributed by atoms with Crippen LogP contribution in [-0.2, 0) is 10.0 Å². The zero-order chi connectivity index (χ0) is 20.4. The lowest BCUT2D eigenvalue weighted by Crippen LogP contribution is -2.21. The van der Waals surface area contributed by atoms with Crippen molar-refractivity contribution in [2.45, 2.75) is 31.6 Å². The van der Waals surface area contributed by atoms with Gasteiger partial charge in [-0.15, -0.1) is 0 Å². The molecule has 2 aromatic rings. The van der Waals surface area contributed by atoms with Crippen LogP contribution in [0.1, 0.15) is 41.3 Å². The van der Waals surface area contributed by atoms with Crippen molar-refractivity contribution in [3.8, 4) is 5.75 Å². The monoisotopic (exact) mass is 390 g/mol. The molecule has 1 N–H and O–H groups in total. The molecule has 6 nitrogen and oxygen atoms in total. The van der Waals surface area contributed by atoms with Gasteiger partial charge < -0.3 is 9.64 Å². The summed E-state index contributed by atoms with van der Waals surface area (Å²) in [6.45, 7) is 5.70. The first-order chi connectivity index (χ1) is 12.6. The first kappa shape index (κ1) is 20.8. The quantitative estimate of drug-likeness (QED) is 0.817. The number of hydrogen-bond donors (Lipinski definition) is 1. The fraction of sp³-hybridized carbons (Fsp3) is 0.350. The number of nitrogens with zero attached hydrogens (tertiary/aromatic N) is 1. The predicted octanol–water partition coefficient (Wildman–Crippen LogP) is 3.63. The van der Waals surface area contributed by atoms with Gasteiger partial charge >= 0.3 is 0 Å². The molecule has 0 aliphatic heterocycles. The maximum Gasteiger partial charge on any atom is 0.262 e. The van der Waals surface area contributed by atoms with Crippen LogP contribution in [0.5, 0.6) is 5.75 Å². The lowest BCUT2D eigenvalue weighted by Gasteiger charge is -2.17. The van der Waals surface area contributed by atoms with Crippen LogP contribution in [0.3, 0.4) is 0 Å². The normalized spacial score (nSPS) is 11.4. The number of nitrogens with one attached hydrogen (secondary N) is 1. The van der Waals surface area contributed by atoms with E-state index in [0.29, 0.717) is 22.6 Å². The van der Waals surface area contributed by atoms with Gasteiger partial charge in [0.05, 0.1) is 12.0 Å². The van der Waals surface area contributed by atoms with Crippen LogP contribution < -0.4 is 9.46 Å². The standard InChI is InChI=1S/C20H26N2O4S/c1-13(2)17-12-19(14(3)11-18(17)26-6)27(24,25)21-16-9-7-15(8-10-16)20(23)22(4)5/h7-13,21H,1-6H3. The number of anilines is 1. The third-order valence-corrected chi connectivity index (χ3v) is 5.75. The summed E-state index contributed by atoms with van der Waals surface area (Å²) in [4.78, 5) is 13.6. The average Bonchev–Trinajstić information content (AvgIpc) is 2.60. The maximum atomic E-state index is 12.9. The van der Waals surface area contributed by atoms with Gasteiger partial charge in [0.2, 0.25) is 0 Å². The van der Waals surface area contributed by atoms with Crippen molar-refractivity contribution < 1.29 is 17.9 Å². The third-order valence-electron chi connectivity index (χ3n) is 4.23. The van der Waals surface area contributed by atoms with Crippen LogP contribution >= 0.6 is 0 Å². The van der Waals surface area contributed by atoms with Crippen molar-refractivity contribution in [3.05, 3.63) is 53.1 Å². The maximum absolute atomic E-state index is 12.9. The number of aryl methyl sites for hydroxylation is 1. The lowest BCUT2D eigenvalue weighted by molar-refractivity contribution is 0.0827. The predicted molar refractivity (Wildman–Crippen MR) is 107 cm³/mol. The van der Waals surface area contributed by atoms with E-state index in [1.54, 1.807) is 64.5 Å². The smallest absolute Gasteiger partial charge is 0.262 e. The SMILES string of the molecule is COc1cc(C)c(S(=O)(=O)Nc2ccc(C(=O)N(C)C)cc2)cc1C(C)C. The summed E-state index contributed by atoms with van der Waals surface area (Å²) < 4.78 is 33.8. The van der Waals surface area contributed by atoms with Crippen LogP contribution in [0, 0.1) is 6.92 Å². The Hall–Kier alpha value is -2.54. The molecule has 0 aromatic heterocycles. The average molecular weight is 391 g/mol. The van der Waals surface area contributed by atoms with E-state index in [2.05, 4.69) is 4.72 Å². The van der Waals surface area contributed by atoms with E-state index in [0.717, 1.165) is 5.56 Å². The largest absolute Gasteiger partial charge is 0.496 e. The summed E-state index contributed by atoms with van der Waals surface area (Å²) in [6, 6.07) is 9.75. The Bertz CT molecular complexity index is 933. The molecule has 2 aromatic carbocycles. The highest BCUT2D eigenvalue weighted by Crippen LogP contribution is 2.32. The highest BCUT2D eigenvalue weighted by Gasteiger charge is 2.21. The number of ether oxygens (including phenoxy) is 1. The van der Waals surface area contributed by atoms with E-state index >= 15 is 0 Å². The van der Waals surface area contributed by atoms with Crippen LogP contribution in [0.25, 0.3) is 0 Å². The number of benzene rings is 2. The molecular weight excluding hydrogens is 364 g/mol. The molecule has 146 valence electrons. The van der Waals surface area contributed by atoms with Gasteiger partial charge in [0, 0.05) is 25.3 Å². The number of hydrogen-bond acceptors (Lipinski definition) is 4. The first-order valence-corrected chi connectivity index (χ1v) is 10.1. The zero-order valence-corrected chi connectivity index (χ0v) is 17.3. The van der Waals surface area contributed by atoms with Crippen molar-refractivity contribution in [2.24, 2.45) is 0 Å². The summed E-state index contributed by atoms with van der Waals surface area (Å²) in [7, 11) is 1.13. The molecule has 0 saturated carbocycles. The molecule has 0 bridgehead atoms. The van der Waals surface area contributed by atoms with Crippen LogP contribution in [0.4, 0.5) is 5.69 Å². The molecule has 0 heterocycles. The van der Waals surface area contributed by atoms with Crippen LogP contribution in [0.2, 0.25) is 0 Å². The fourth-order valence-electron chi connectivity index (χ4n) is 2.74. The topological polar surface area (TPSA) is 75.7 Å². The van der Waals surface area contributed by atoms with E-state index in [1.807, 2.05) is 13.8 Å². The van der Waals surface area contributed by atoms with Crippen LogP contribution in [-0.4, -0.2) is 40.4 Å². The first-order valence-electron chi connectivity index (χ1n) is 8.60. The third kappa shape index (κ3) is 4.60. The second-order valence-electron chi connectivity index (χ2n) is 6.90. The minimum Gasteiger partial charge on any atom is -0.496 e. The Morgan fingerprint density at radius 2 is 1.70 bits per heavy atom. The number of carbonyl (C=O) groups excluding carboxylic acids is 1. The Kier molecular flexibility index (Phi) is 6.15. The summed E-state index contributed by atoms with van der Waals surface area (Å²) >= 11 is 0. The lowest BCUT2D eigenvalue weighted by atomic mass is 10.0. The van der Waals surface area contributed by atoms with Crippen molar-refractivity contribution in [2.75, 3.05) is 25.9 Å². The second-order valence-corrected chi connectivity index (χ2v) is 8.55. The van der Waals surface area contributed by atoms with Gasteiger partial charge in [-0.1, -0.05) is 13.8 Å². The molecule has 7 heteroatoms. The minimum absolute atomic E-state index is 0.117. The molecule has 0 saturated heterocycles. The number of amides is 1. The van der Waals surface area contributed by atoms with Gasteiger partial charge in [-0.05, 0) is 60.4 Å². The van der Waals surface area contributed by atoms with Gasteiger partial charge in [0.1, 0.15) is 5.75 Å². The number of sulfonamides is 1. The number of methoxy groups -OCH3 is 1. The van der Waals surface area contributed by atoms with Crippen molar-refractivity contribution >= 4 is 21.6 Å². The number of carbonyl (C=O) groups is 1. The molecule has 0 atom stereocenters. The molecule has 0 fully saturated rings. The van der Waals surface area contributed by atoms with Crippen molar-refractivity contribution in [1.82, 2.24) is 4.90 Å². The van der Waals surface area contributed by atoms with Crippen molar-refractivity contribution in [3.63, 3.8) is 0 Å². The summed E-state index contributed by atoms with van der Waals surface area (Å²) in [5, 5.41) is 0. The Labute approximate surface area is 161 Å². The van der Waals surface area contributed by atoms with E-state index in [4.69, 9.17) is 4.74 Å². The molecule has 0 unspecified atom stereocenters. The minimum atomic E-state index is -3.78. The highest BCUT2D eigenvalue weighted by molar-refractivity contribution is 7.92. The molecular formula is C20H26N2O4S. The molecule has 0 spiro atoms. The van der Waals surface area contributed by atoms with E-state index in [9.17, 15) is 13.2 Å². The molecule has 2 rings (SSSR count). The number of rotatable bonds is 6. The zero-order valence-electron chi connectivity index (χ0n) is 16.5. The van der Waals surface area contributed by atoms with Gasteiger partial charge in [-0.3, -0.25) is 9.52 Å². The Balaban J connectivity index is 2.37. The van der Waals surface area contributed by atoms with E-state index < -0.39 is 10.0 Å². The fourth-order valence-corrected chi connectivity index (χ4v) is 4.07. The Morgan fingerprint density at radius 1 is 1.11 bits per heavy atom. The van der Waals surface area contributed by atoms with Gasteiger partial charge in [-0.25, -0.2) is 8.42 Å². The molecule has 1 amide bonds. The van der Waals surface area contributed by atoms with Crippen LogP contribution in [0.15, 0.2) is 41.3 Å². The second kappa shape index (κ2) is 8.00. The highest BCUT2D eigenvalue weighted by atomic mass is 32.2. The summed E-state index contributed by atoms with van der Waals surface area (Å²) in [5.41, 5.74) is 2.32. The van der Waals surface area contributed by atoms with Crippen molar-refractivity contribution in [1.29, 1.82) is 0 Å². The molecule has 27 heavy (non-hydrogen) atoms. The van der Waals surface area contributed by atoms with Gasteiger partial charge in [0.25, 0.3) is 15.9 Å². The summed E-state index contributed by atoms with van der Waals surface area (Å²) in [6.07, 6.45) is 0. The van der Waals surface area contributed by atoms with Gasteiger partial charge in [-0.2, -0.15) is 0 Å². The molecule has 0 radical (unpaired) electrons. The van der Waals surface area contributed by atoms with E-state index in [-0.39, 0.29) is 16.7 Å². The molecule has 0 aliphatic rings.